The van der Waals surface area contributed by atoms with Crippen LogP contribution in [-0.2, 0) is 13.0 Å². The SMILES string of the molecule is O=C(CCc1ncc(CN2CCN=C2/C(=C\c2ccc([N+](=O)[O-])o2)[N+](=O)[O-])s1)c1ccc([N+](=O)[O-])o1. The van der Waals surface area contributed by atoms with Gasteiger partial charge in [-0.25, -0.2) is 4.98 Å². The van der Waals surface area contributed by atoms with Gasteiger partial charge in [0, 0.05) is 30.5 Å². The van der Waals surface area contributed by atoms with Crippen molar-refractivity contribution in [3.63, 3.8) is 0 Å². The molecule has 16 heteroatoms. The third-order valence-electron chi connectivity index (χ3n) is 4.99. The molecular formula is C20H16N6O9S. The van der Waals surface area contributed by atoms with Gasteiger partial charge in [0.25, 0.3) is 0 Å². The van der Waals surface area contributed by atoms with E-state index < -0.39 is 32.3 Å². The predicted octanol–water partition coefficient (Wildman–Crippen LogP) is 3.49. The average Bonchev–Trinajstić information content (AvgIpc) is 3.63. The van der Waals surface area contributed by atoms with Crippen LogP contribution in [0.1, 0.15) is 32.6 Å². The second-order valence-corrected chi connectivity index (χ2v) is 8.58. The molecule has 0 atom stereocenters. The monoisotopic (exact) mass is 516 g/mol. The fourth-order valence-corrected chi connectivity index (χ4v) is 4.31. The molecule has 1 aliphatic heterocycles. The summed E-state index contributed by atoms with van der Waals surface area (Å²) in [5, 5.41) is 33.8. The number of nitrogens with zero attached hydrogens (tertiary/aromatic N) is 6. The number of carbonyl (C=O) groups is 1. The molecule has 0 radical (unpaired) electrons. The molecule has 3 aromatic heterocycles. The van der Waals surface area contributed by atoms with Crippen molar-refractivity contribution in [2.24, 2.45) is 4.99 Å². The molecule has 1 aliphatic rings. The van der Waals surface area contributed by atoms with Gasteiger partial charge in [0.1, 0.15) is 15.6 Å². The van der Waals surface area contributed by atoms with Crippen LogP contribution in [0.25, 0.3) is 6.08 Å². The van der Waals surface area contributed by atoms with Gasteiger partial charge in [0.05, 0.1) is 41.2 Å². The zero-order chi connectivity index (χ0) is 25.8. The molecule has 15 nitrogen and oxygen atoms in total. The van der Waals surface area contributed by atoms with Crippen molar-refractivity contribution >= 4 is 40.8 Å². The number of hydrogen-bond donors (Lipinski definition) is 0. The van der Waals surface area contributed by atoms with Crippen LogP contribution in [0, 0.1) is 30.3 Å². The summed E-state index contributed by atoms with van der Waals surface area (Å²) in [5.74, 6) is -1.47. The van der Waals surface area contributed by atoms with E-state index in [1.165, 1.54) is 23.5 Å². The molecule has 0 fully saturated rings. The van der Waals surface area contributed by atoms with Gasteiger partial charge in [0.15, 0.2) is 11.5 Å². The van der Waals surface area contributed by atoms with Crippen molar-refractivity contribution in [1.82, 2.24) is 9.88 Å². The Labute approximate surface area is 204 Å². The molecule has 0 N–H and O–H groups in total. The summed E-state index contributed by atoms with van der Waals surface area (Å²) in [6, 6.07) is 4.74. The Morgan fingerprint density at radius 1 is 1.08 bits per heavy atom. The summed E-state index contributed by atoms with van der Waals surface area (Å²) in [6.07, 6.45) is 3.02. The highest BCUT2D eigenvalue weighted by molar-refractivity contribution is 7.11. The number of Topliss-reactive ketones (excluding diaryl/α,β-unsaturated/α-hetero) is 1. The molecule has 186 valence electrons. The molecule has 0 unspecified atom stereocenters. The summed E-state index contributed by atoms with van der Waals surface area (Å²) >= 11 is 1.32. The summed E-state index contributed by atoms with van der Waals surface area (Å²) in [4.78, 5) is 54.3. The van der Waals surface area contributed by atoms with Gasteiger partial charge < -0.3 is 13.7 Å². The van der Waals surface area contributed by atoms with Gasteiger partial charge in [0.2, 0.25) is 5.84 Å². The van der Waals surface area contributed by atoms with E-state index in [-0.39, 0.29) is 42.4 Å². The van der Waals surface area contributed by atoms with Crippen molar-refractivity contribution in [3.8, 4) is 0 Å². The van der Waals surface area contributed by atoms with Crippen LogP contribution < -0.4 is 0 Å². The van der Waals surface area contributed by atoms with Gasteiger partial charge in [-0.3, -0.25) is 40.1 Å². The fraction of sp³-hybridized carbons (Fsp3) is 0.250. The fourth-order valence-electron chi connectivity index (χ4n) is 3.38. The number of hydrogen-bond acceptors (Lipinski definition) is 13. The Morgan fingerprint density at radius 2 is 1.81 bits per heavy atom. The predicted molar refractivity (Wildman–Crippen MR) is 123 cm³/mol. The van der Waals surface area contributed by atoms with Gasteiger partial charge in [-0.05, 0) is 12.1 Å². The van der Waals surface area contributed by atoms with Crippen LogP contribution in [0.2, 0.25) is 0 Å². The molecular weight excluding hydrogens is 500 g/mol. The lowest BCUT2D eigenvalue weighted by atomic mass is 10.2. The topological polar surface area (TPSA) is 201 Å². The largest absolute Gasteiger partial charge is 0.433 e. The Bertz CT molecular complexity index is 1400. The minimum Gasteiger partial charge on any atom is -0.401 e. The van der Waals surface area contributed by atoms with E-state index >= 15 is 0 Å². The van der Waals surface area contributed by atoms with Gasteiger partial charge in [-0.2, -0.15) is 0 Å². The van der Waals surface area contributed by atoms with Crippen LogP contribution in [0.3, 0.4) is 0 Å². The maximum Gasteiger partial charge on any atom is 0.433 e. The second kappa shape index (κ2) is 10.3. The summed E-state index contributed by atoms with van der Waals surface area (Å²) < 4.78 is 9.92. The maximum atomic E-state index is 12.2. The van der Waals surface area contributed by atoms with Gasteiger partial charge in [-0.1, -0.05) is 0 Å². The Morgan fingerprint density at radius 3 is 2.47 bits per heavy atom. The lowest BCUT2D eigenvalue weighted by Crippen LogP contribution is -2.30. The summed E-state index contributed by atoms with van der Waals surface area (Å²) in [5.41, 5.74) is -0.361. The highest BCUT2D eigenvalue weighted by Gasteiger charge is 2.30. The maximum absolute atomic E-state index is 12.2. The van der Waals surface area contributed by atoms with Crippen molar-refractivity contribution in [2.75, 3.05) is 13.1 Å². The number of aryl methyl sites for hydroxylation is 1. The van der Waals surface area contributed by atoms with Gasteiger partial charge in [-0.15, -0.1) is 11.3 Å². The first-order chi connectivity index (χ1) is 17.2. The minimum atomic E-state index is -0.740. The number of aliphatic imine (C=N–C) groups is 1. The number of rotatable bonds is 11. The molecule has 0 amide bonds. The van der Waals surface area contributed by atoms with Crippen molar-refractivity contribution < 1.29 is 28.4 Å². The van der Waals surface area contributed by atoms with Crippen LogP contribution >= 0.6 is 11.3 Å². The Kier molecular flexibility index (Phi) is 6.95. The highest BCUT2D eigenvalue weighted by Crippen LogP contribution is 2.24. The molecule has 0 saturated carbocycles. The molecule has 0 aliphatic carbocycles. The molecule has 0 saturated heterocycles. The molecule has 36 heavy (non-hydrogen) atoms. The number of aromatic nitrogens is 1. The third kappa shape index (κ3) is 5.49. The minimum absolute atomic E-state index is 0.0392. The lowest BCUT2D eigenvalue weighted by molar-refractivity contribution is -0.414. The van der Waals surface area contributed by atoms with E-state index in [4.69, 9.17) is 8.83 Å². The molecule has 4 heterocycles. The Balaban J connectivity index is 1.40. The second-order valence-electron chi connectivity index (χ2n) is 7.39. The van der Waals surface area contributed by atoms with E-state index in [1.54, 1.807) is 11.1 Å². The van der Waals surface area contributed by atoms with Crippen LogP contribution in [0.5, 0.6) is 0 Å². The number of ketones is 1. The Hall–Kier alpha value is -4.73. The highest BCUT2D eigenvalue weighted by atomic mass is 32.1. The van der Waals surface area contributed by atoms with Gasteiger partial charge >= 0.3 is 17.5 Å². The van der Waals surface area contributed by atoms with Crippen LogP contribution in [0.4, 0.5) is 11.8 Å². The molecule has 0 bridgehead atoms. The number of carbonyl (C=O) groups excluding carboxylic acids is 1. The molecule has 3 aromatic rings. The molecule has 0 aromatic carbocycles. The number of thiazole rings is 1. The van der Waals surface area contributed by atoms with E-state index in [1.807, 2.05) is 0 Å². The van der Waals surface area contributed by atoms with Crippen molar-refractivity contribution in [3.05, 3.63) is 87.9 Å². The normalized spacial score (nSPS) is 13.6. The number of furan rings is 2. The first-order valence-corrected chi connectivity index (χ1v) is 11.1. The zero-order valence-electron chi connectivity index (χ0n) is 18.3. The molecule has 4 rings (SSSR count). The smallest absolute Gasteiger partial charge is 0.401 e. The quantitative estimate of drug-likeness (QED) is 0.205. The summed E-state index contributed by atoms with van der Waals surface area (Å²) in [6.45, 7) is 1.02. The van der Waals surface area contributed by atoms with E-state index in [2.05, 4.69) is 9.98 Å². The van der Waals surface area contributed by atoms with Crippen molar-refractivity contribution in [1.29, 1.82) is 0 Å². The third-order valence-corrected chi connectivity index (χ3v) is 6.03. The number of nitro groups is 3. The summed E-state index contributed by atoms with van der Waals surface area (Å²) in [7, 11) is 0. The lowest BCUT2D eigenvalue weighted by Gasteiger charge is -2.17. The molecule has 0 spiro atoms. The average molecular weight is 516 g/mol. The van der Waals surface area contributed by atoms with Crippen molar-refractivity contribution in [2.45, 2.75) is 19.4 Å². The standard InChI is InChI=1S/C20H16N6O9S/c27-15(16-3-6-19(35-16)26(32)33)2-4-17-22-10-13(36-17)11-23-8-7-21-20(23)14(24(28)29)9-12-1-5-18(34-12)25(30)31/h1,3,5-6,9-10H,2,4,7-8,11H2/b14-9+. The van der Waals surface area contributed by atoms with Crippen LogP contribution in [-0.4, -0.2) is 49.4 Å². The van der Waals surface area contributed by atoms with E-state index in [9.17, 15) is 35.1 Å². The van der Waals surface area contributed by atoms with Crippen LogP contribution in [0.15, 0.2) is 50.0 Å². The number of amidine groups is 1. The first-order valence-electron chi connectivity index (χ1n) is 10.3. The zero-order valence-corrected chi connectivity index (χ0v) is 19.1. The van der Waals surface area contributed by atoms with E-state index in [0.29, 0.717) is 18.1 Å². The van der Waals surface area contributed by atoms with E-state index in [0.717, 1.165) is 23.1 Å². The first kappa shape index (κ1) is 24.4.